The van der Waals surface area contributed by atoms with Crippen LogP contribution in [-0.4, -0.2) is 28.7 Å². The summed E-state index contributed by atoms with van der Waals surface area (Å²) in [5, 5.41) is 25.4. The van der Waals surface area contributed by atoms with E-state index < -0.39 is 17.0 Å². The van der Waals surface area contributed by atoms with Crippen molar-refractivity contribution in [3.8, 4) is 0 Å². The van der Waals surface area contributed by atoms with Crippen molar-refractivity contribution in [2.75, 3.05) is 22.1 Å². The molecule has 0 radical (unpaired) electrons. The predicted molar refractivity (Wildman–Crippen MR) is 103 cm³/mol. The maximum absolute atomic E-state index is 12.3. The first-order chi connectivity index (χ1) is 12.7. The quantitative estimate of drug-likeness (QED) is 0.531. The van der Waals surface area contributed by atoms with E-state index in [0.717, 1.165) is 10.5 Å². The molecule has 142 valence electrons. The largest absolute Gasteiger partial charge is 0.465 e. The van der Waals surface area contributed by atoms with Crippen molar-refractivity contribution in [2.45, 2.75) is 20.8 Å². The van der Waals surface area contributed by atoms with Crippen molar-refractivity contribution >= 4 is 34.9 Å². The Morgan fingerprint density at radius 3 is 2.15 bits per heavy atom. The van der Waals surface area contributed by atoms with E-state index in [1.807, 2.05) is 0 Å². The Morgan fingerprint density at radius 1 is 1.07 bits per heavy atom. The number of nitrogens with zero attached hydrogens (tertiary/aromatic N) is 2. The summed E-state index contributed by atoms with van der Waals surface area (Å²) < 4.78 is 0. The topological polar surface area (TPSA) is 125 Å². The van der Waals surface area contributed by atoms with Crippen molar-refractivity contribution in [3.63, 3.8) is 0 Å². The SMILES string of the molecule is CCN(C(=O)O)c1ccc(C)c(NC(=O)Nc2cc([N+](=O)[O-])ccc2C)c1. The first kappa shape index (κ1) is 19.7. The van der Waals surface area contributed by atoms with Crippen LogP contribution in [0.4, 0.5) is 32.3 Å². The van der Waals surface area contributed by atoms with Crippen LogP contribution in [0.3, 0.4) is 0 Å². The number of hydrogen-bond acceptors (Lipinski definition) is 4. The molecule has 0 saturated carbocycles. The van der Waals surface area contributed by atoms with Gasteiger partial charge in [-0.05, 0) is 44.0 Å². The standard InChI is InChI=1S/C18H20N4O5/c1-4-21(18(24)25)13-7-5-11(2)15(9-13)19-17(23)20-16-10-14(22(26)27)8-6-12(16)3/h5-10H,4H2,1-3H3,(H,24,25)(H2,19,20,23). The lowest BCUT2D eigenvalue weighted by Crippen LogP contribution is -2.29. The van der Waals surface area contributed by atoms with E-state index in [-0.39, 0.29) is 12.2 Å². The fourth-order valence-electron chi connectivity index (χ4n) is 2.47. The van der Waals surface area contributed by atoms with Gasteiger partial charge in [0.05, 0.1) is 10.6 Å². The molecule has 0 atom stereocenters. The van der Waals surface area contributed by atoms with Crippen LogP contribution in [0.25, 0.3) is 0 Å². The summed E-state index contributed by atoms with van der Waals surface area (Å²) in [6, 6.07) is 8.52. The van der Waals surface area contributed by atoms with Gasteiger partial charge in [-0.25, -0.2) is 9.59 Å². The number of hydrogen-bond donors (Lipinski definition) is 3. The van der Waals surface area contributed by atoms with Gasteiger partial charge in [0.2, 0.25) is 0 Å². The molecule has 0 aliphatic rings. The molecule has 0 heterocycles. The van der Waals surface area contributed by atoms with Crippen molar-refractivity contribution in [1.29, 1.82) is 0 Å². The van der Waals surface area contributed by atoms with Crippen molar-refractivity contribution < 1.29 is 19.6 Å². The molecular formula is C18H20N4O5. The van der Waals surface area contributed by atoms with Crippen LogP contribution >= 0.6 is 0 Å². The summed E-state index contributed by atoms with van der Waals surface area (Å²) >= 11 is 0. The van der Waals surface area contributed by atoms with Crippen LogP contribution in [0.1, 0.15) is 18.1 Å². The van der Waals surface area contributed by atoms with Gasteiger partial charge in [-0.3, -0.25) is 15.0 Å². The molecule has 9 heteroatoms. The highest BCUT2D eigenvalue weighted by molar-refractivity contribution is 6.01. The fourth-order valence-corrected chi connectivity index (χ4v) is 2.47. The summed E-state index contributed by atoms with van der Waals surface area (Å²) in [4.78, 5) is 35.1. The highest BCUT2D eigenvalue weighted by Gasteiger charge is 2.15. The monoisotopic (exact) mass is 372 g/mol. The van der Waals surface area contributed by atoms with Crippen LogP contribution < -0.4 is 15.5 Å². The average Bonchev–Trinajstić information content (AvgIpc) is 2.59. The maximum atomic E-state index is 12.3. The lowest BCUT2D eigenvalue weighted by Gasteiger charge is -2.19. The van der Waals surface area contributed by atoms with Gasteiger partial charge >= 0.3 is 12.1 Å². The summed E-state index contributed by atoms with van der Waals surface area (Å²) in [7, 11) is 0. The number of benzene rings is 2. The predicted octanol–water partition coefficient (Wildman–Crippen LogP) is 4.36. The van der Waals surface area contributed by atoms with Gasteiger partial charge in [0.1, 0.15) is 0 Å². The molecule has 0 saturated heterocycles. The van der Waals surface area contributed by atoms with Crippen molar-refractivity contribution in [1.82, 2.24) is 0 Å². The number of non-ortho nitro benzene ring substituents is 1. The Hall–Kier alpha value is -3.62. The first-order valence-electron chi connectivity index (χ1n) is 8.17. The third-order valence-electron chi connectivity index (χ3n) is 4.01. The number of rotatable bonds is 5. The Labute approximate surface area is 155 Å². The molecule has 9 nitrogen and oxygen atoms in total. The number of anilines is 3. The molecule has 0 aromatic heterocycles. The van der Waals surface area contributed by atoms with E-state index in [9.17, 15) is 24.8 Å². The molecule has 0 spiro atoms. The summed E-state index contributed by atoms with van der Waals surface area (Å²) in [6.07, 6.45) is -1.09. The van der Waals surface area contributed by atoms with Crippen LogP contribution in [0.2, 0.25) is 0 Å². The minimum atomic E-state index is -1.09. The zero-order valence-corrected chi connectivity index (χ0v) is 15.1. The second kappa shape index (κ2) is 8.17. The summed E-state index contributed by atoms with van der Waals surface area (Å²) in [6.45, 7) is 5.46. The number of nitro groups is 1. The van der Waals surface area contributed by atoms with Crippen molar-refractivity contribution in [3.05, 3.63) is 57.6 Å². The molecule has 2 rings (SSSR count). The van der Waals surface area contributed by atoms with Gasteiger partial charge in [-0.15, -0.1) is 0 Å². The molecule has 3 amide bonds. The number of urea groups is 1. The zero-order chi connectivity index (χ0) is 20.1. The third-order valence-corrected chi connectivity index (χ3v) is 4.01. The normalized spacial score (nSPS) is 10.2. The number of amides is 3. The maximum Gasteiger partial charge on any atom is 0.411 e. The Bertz CT molecular complexity index is 897. The molecule has 0 fully saturated rings. The number of aryl methyl sites for hydroxylation is 2. The summed E-state index contributed by atoms with van der Waals surface area (Å²) in [5.74, 6) is 0. The molecule has 0 unspecified atom stereocenters. The highest BCUT2D eigenvalue weighted by Crippen LogP contribution is 2.25. The molecular weight excluding hydrogens is 352 g/mol. The number of carbonyl (C=O) groups is 2. The van der Waals surface area contributed by atoms with Gasteiger partial charge in [-0.2, -0.15) is 0 Å². The van der Waals surface area contributed by atoms with E-state index >= 15 is 0 Å². The molecule has 0 bridgehead atoms. The number of carboxylic acid groups (broad SMARTS) is 1. The Morgan fingerprint density at radius 2 is 1.63 bits per heavy atom. The van der Waals surface area contributed by atoms with Gasteiger partial charge in [0.15, 0.2) is 0 Å². The highest BCUT2D eigenvalue weighted by atomic mass is 16.6. The lowest BCUT2D eigenvalue weighted by molar-refractivity contribution is -0.384. The van der Waals surface area contributed by atoms with Gasteiger partial charge < -0.3 is 15.7 Å². The van der Waals surface area contributed by atoms with Gasteiger partial charge in [0, 0.05) is 30.1 Å². The minimum Gasteiger partial charge on any atom is -0.465 e. The first-order valence-corrected chi connectivity index (χ1v) is 8.17. The second-order valence-electron chi connectivity index (χ2n) is 5.86. The fraction of sp³-hybridized carbons (Fsp3) is 0.222. The van der Waals surface area contributed by atoms with Crippen LogP contribution in [0.5, 0.6) is 0 Å². The smallest absolute Gasteiger partial charge is 0.411 e. The molecule has 3 N–H and O–H groups in total. The van der Waals surface area contributed by atoms with E-state index in [0.29, 0.717) is 22.6 Å². The molecule has 2 aromatic rings. The molecule has 27 heavy (non-hydrogen) atoms. The Balaban J connectivity index is 2.22. The van der Waals surface area contributed by atoms with Crippen LogP contribution in [0, 0.1) is 24.0 Å². The number of nitro benzene ring substituents is 1. The van der Waals surface area contributed by atoms with Crippen LogP contribution in [-0.2, 0) is 0 Å². The Kier molecular flexibility index (Phi) is 5.96. The number of nitrogens with one attached hydrogen (secondary N) is 2. The van der Waals surface area contributed by atoms with E-state index in [1.54, 1.807) is 45.0 Å². The van der Waals surface area contributed by atoms with Gasteiger partial charge in [0.25, 0.3) is 5.69 Å². The molecule has 0 aliphatic heterocycles. The lowest BCUT2D eigenvalue weighted by atomic mass is 10.1. The number of carbonyl (C=O) groups excluding carboxylic acids is 1. The molecule has 2 aromatic carbocycles. The molecule has 0 aliphatic carbocycles. The average molecular weight is 372 g/mol. The third kappa shape index (κ3) is 4.72. The van der Waals surface area contributed by atoms with Crippen molar-refractivity contribution in [2.24, 2.45) is 0 Å². The van der Waals surface area contributed by atoms with E-state index in [2.05, 4.69) is 10.6 Å². The zero-order valence-electron chi connectivity index (χ0n) is 15.1. The second-order valence-corrected chi connectivity index (χ2v) is 5.86. The van der Waals surface area contributed by atoms with E-state index in [1.165, 1.54) is 12.1 Å². The minimum absolute atomic E-state index is 0.130. The van der Waals surface area contributed by atoms with Crippen LogP contribution in [0.15, 0.2) is 36.4 Å². The summed E-state index contributed by atoms with van der Waals surface area (Å²) in [5.41, 5.74) is 2.46. The van der Waals surface area contributed by atoms with Gasteiger partial charge in [-0.1, -0.05) is 12.1 Å². The van der Waals surface area contributed by atoms with E-state index in [4.69, 9.17) is 0 Å².